The van der Waals surface area contributed by atoms with Crippen LogP contribution in [0.4, 0.5) is 0 Å². The highest BCUT2D eigenvalue weighted by molar-refractivity contribution is 6.40. The molecule has 0 amide bonds. The van der Waals surface area contributed by atoms with E-state index in [1.807, 2.05) is 18.2 Å². The number of halogens is 2. The molecule has 3 rings (SSSR count). The summed E-state index contributed by atoms with van der Waals surface area (Å²) in [7, 11) is 0. The maximum Gasteiger partial charge on any atom is 0.0505 e. The van der Waals surface area contributed by atoms with Gasteiger partial charge in [0.05, 0.1) is 5.02 Å². The molecule has 0 spiro atoms. The quantitative estimate of drug-likeness (QED) is 0.473. The minimum atomic E-state index is 0.674. The van der Waals surface area contributed by atoms with E-state index in [0.717, 1.165) is 10.8 Å². The Morgan fingerprint density at radius 1 is 0.750 bits per heavy atom. The van der Waals surface area contributed by atoms with Gasteiger partial charge in [-0.25, -0.2) is 0 Å². The lowest BCUT2D eigenvalue weighted by molar-refractivity contribution is 1.76. The second-order valence-electron chi connectivity index (χ2n) is 3.77. The topological polar surface area (TPSA) is 0 Å². The molecular weight excluding hydrogens is 239 g/mol. The van der Waals surface area contributed by atoms with Gasteiger partial charge in [-0.15, -0.1) is 0 Å². The van der Waals surface area contributed by atoms with Crippen LogP contribution < -0.4 is 0 Å². The lowest BCUT2D eigenvalue weighted by Gasteiger charge is -2.06. The first-order valence-electron chi connectivity index (χ1n) is 5.02. The van der Waals surface area contributed by atoms with E-state index in [2.05, 4.69) is 24.3 Å². The monoisotopic (exact) mass is 246 g/mol. The van der Waals surface area contributed by atoms with Crippen molar-refractivity contribution in [3.05, 3.63) is 58.6 Å². The Balaban J connectivity index is 2.60. The Labute approximate surface area is 103 Å². The Bertz CT molecular complexity index is 687. The van der Waals surface area contributed by atoms with Gasteiger partial charge in [0.1, 0.15) is 0 Å². The van der Waals surface area contributed by atoms with Gasteiger partial charge in [0.15, 0.2) is 0 Å². The van der Waals surface area contributed by atoms with Crippen LogP contribution in [-0.4, -0.2) is 0 Å². The number of rotatable bonds is 0. The van der Waals surface area contributed by atoms with Gasteiger partial charge in [0.2, 0.25) is 0 Å². The van der Waals surface area contributed by atoms with E-state index < -0.39 is 0 Å². The Morgan fingerprint density at radius 3 is 2.38 bits per heavy atom. The molecule has 0 N–H and O–H groups in total. The predicted molar refractivity (Wildman–Crippen MR) is 71.5 cm³/mol. The molecular formula is C14H8Cl2. The standard InChI is InChI=1S/C14H8Cl2/c15-11-7-10-6-5-9-3-1-2-4-12(9)14(10)13(16)8-11/h1-8H. The third-order valence-corrected chi connectivity index (χ3v) is 3.27. The molecule has 0 atom stereocenters. The molecule has 78 valence electrons. The van der Waals surface area contributed by atoms with E-state index in [-0.39, 0.29) is 0 Å². The number of fused-ring (bicyclic) bond motifs is 3. The summed E-state index contributed by atoms with van der Waals surface area (Å²) in [4.78, 5) is 0. The summed E-state index contributed by atoms with van der Waals surface area (Å²) in [6.45, 7) is 0. The lowest BCUT2D eigenvalue weighted by Crippen LogP contribution is -1.79. The third kappa shape index (κ3) is 1.46. The molecule has 0 radical (unpaired) electrons. The molecule has 0 heterocycles. The van der Waals surface area contributed by atoms with Crippen molar-refractivity contribution in [3.63, 3.8) is 0 Å². The number of benzene rings is 3. The number of hydrogen-bond acceptors (Lipinski definition) is 0. The van der Waals surface area contributed by atoms with E-state index in [4.69, 9.17) is 23.2 Å². The van der Waals surface area contributed by atoms with Gasteiger partial charge in [-0.2, -0.15) is 0 Å². The molecule has 0 aliphatic heterocycles. The summed E-state index contributed by atoms with van der Waals surface area (Å²) in [5, 5.41) is 5.90. The highest BCUT2D eigenvalue weighted by Crippen LogP contribution is 2.33. The SMILES string of the molecule is Clc1cc(Cl)c2c(ccc3ccccc32)c1. The Morgan fingerprint density at radius 2 is 1.50 bits per heavy atom. The summed E-state index contributed by atoms with van der Waals surface area (Å²) in [5.41, 5.74) is 0. The van der Waals surface area contributed by atoms with E-state index >= 15 is 0 Å². The van der Waals surface area contributed by atoms with Crippen molar-refractivity contribution < 1.29 is 0 Å². The highest BCUT2D eigenvalue weighted by atomic mass is 35.5. The van der Waals surface area contributed by atoms with Crippen molar-refractivity contribution in [2.75, 3.05) is 0 Å². The van der Waals surface area contributed by atoms with Crippen LogP contribution in [0.3, 0.4) is 0 Å². The van der Waals surface area contributed by atoms with Crippen molar-refractivity contribution >= 4 is 44.7 Å². The van der Waals surface area contributed by atoms with Crippen LogP contribution in [0.5, 0.6) is 0 Å². The Hall–Kier alpha value is -1.24. The van der Waals surface area contributed by atoms with Crippen molar-refractivity contribution in [3.8, 4) is 0 Å². The predicted octanol–water partition coefficient (Wildman–Crippen LogP) is 5.30. The molecule has 0 bridgehead atoms. The van der Waals surface area contributed by atoms with Crippen LogP contribution in [0.2, 0.25) is 10.0 Å². The maximum atomic E-state index is 6.26. The summed E-state index contributed by atoms with van der Waals surface area (Å²) in [5.74, 6) is 0. The van der Waals surface area contributed by atoms with Crippen LogP contribution in [0.1, 0.15) is 0 Å². The first kappa shape index (κ1) is 9.95. The molecule has 16 heavy (non-hydrogen) atoms. The molecule has 0 saturated carbocycles. The van der Waals surface area contributed by atoms with Gasteiger partial charge < -0.3 is 0 Å². The normalized spacial score (nSPS) is 11.1. The van der Waals surface area contributed by atoms with Crippen LogP contribution in [0.25, 0.3) is 21.5 Å². The third-order valence-electron chi connectivity index (χ3n) is 2.76. The minimum absolute atomic E-state index is 0.674. The van der Waals surface area contributed by atoms with Crippen molar-refractivity contribution in [2.24, 2.45) is 0 Å². The van der Waals surface area contributed by atoms with E-state index in [9.17, 15) is 0 Å². The first-order valence-corrected chi connectivity index (χ1v) is 5.78. The Kier molecular flexibility index (Phi) is 2.27. The van der Waals surface area contributed by atoms with Gasteiger partial charge in [-0.05, 0) is 28.3 Å². The highest BCUT2D eigenvalue weighted by Gasteiger charge is 2.05. The van der Waals surface area contributed by atoms with Gasteiger partial charge in [-0.1, -0.05) is 59.6 Å². The second-order valence-corrected chi connectivity index (χ2v) is 4.62. The van der Waals surface area contributed by atoms with Gasteiger partial charge >= 0.3 is 0 Å². The fourth-order valence-corrected chi connectivity index (χ4v) is 2.67. The molecule has 3 aromatic carbocycles. The van der Waals surface area contributed by atoms with E-state index in [0.29, 0.717) is 10.0 Å². The molecule has 0 aliphatic carbocycles. The summed E-state index contributed by atoms with van der Waals surface area (Å²) < 4.78 is 0. The van der Waals surface area contributed by atoms with Crippen LogP contribution in [0, 0.1) is 0 Å². The summed E-state index contributed by atoms with van der Waals surface area (Å²) >= 11 is 12.2. The number of hydrogen-bond donors (Lipinski definition) is 0. The summed E-state index contributed by atoms with van der Waals surface area (Å²) in [6.07, 6.45) is 0. The van der Waals surface area contributed by atoms with Crippen molar-refractivity contribution in [1.29, 1.82) is 0 Å². The maximum absolute atomic E-state index is 6.26. The van der Waals surface area contributed by atoms with Gasteiger partial charge in [0.25, 0.3) is 0 Å². The van der Waals surface area contributed by atoms with Crippen LogP contribution in [0.15, 0.2) is 48.5 Å². The van der Waals surface area contributed by atoms with E-state index in [1.165, 1.54) is 10.8 Å². The largest absolute Gasteiger partial charge is 0.0843 e. The first-order chi connectivity index (χ1) is 7.75. The molecule has 2 heteroatoms. The molecule has 0 aromatic heterocycles. The zero-order valence-electron chi connectivity index (χ0n) is 8.37. The smallest absolute Gasteiger partial charge is 0.0505 e. The van der Waals surface area contributed by atoms with Crippen molar-refractivity contribution in [2.45, 2.75) is 0 Å². The molecule has 0 fully saturated rings. The average molecular weight is 247 g/mol. The molecule has 0 unspecified atom stereocenters. The zero-order valence-corrected chi connectivity index (χ0v) is 9.89. The van der Waals surface area contributed by atoms with Crippen LogP contribution >= 0.6 is 23.2 Å². The van der Waals surface area contributed by atoms with Gasteiger partial charge in [-0.3, -0.25) is 0 Å². The lowest BCUT2D eigenvalue weighted by atomic mass is 10.0. The summed E-state index contributed by atoms with van der Waals surface area (Å²) in [6, 6.07) is 16.1. The fraction of sp³-hybridized carbons (Fsp3) is 0. The molecule has 0 nitrogen and oxygen atoms in total. The minimum Gasteiger partial charge on any atom is -0.0843 e. The average Bonchev–Trinajstić information content (AvgIpc) is 2.28. The zero-order chi connectivity index (χ0) is 11.1. The van der Waals surface area contributed by atoms with Crippen LogP contribution in [-0.2, 0) is 0 Å². The molecule has 0 saturated heterocycles. The molecule has 0 aliphatic rings. The second kappa shape index (κ2) is 3.65. The molecule has 3 aromatic rings. The van der Waals surface area contributed by atoms with E-state index in [1.54, 1.807) is 6.07 Å². The van der Waals surface area contributed by atoms with Crippen molar-refractivity contribution in [1.82, 2.24) is 0 Å². The fourth-order valence-electron chi connectivity index (χ4n) is 2.06. The van der Waals surface area contributed by atoms with Gasteiger partial charge in [0, 0.05) is 10.4 Å².